The average molecular weight is 366 g/mol. The maximum atomic E-state index is 13.1. The van der Waals surface area contributed by atoms with Gasteiger partial charge in [0.15, 0.2) is 11.3 Å². The molecule has 27 heavy (non-hydrogen) atoms. The first kappa shape index (κ1) is 16.8. The third kappa shape index (κ3) is 3.01. The van der Waals surface area contributed by atoms with E-state index in [1.165, 1.54) is 16.7 Å². The van der Waals surface area contributed by atoms with E-state index in [9.17, 15) is 14.0 Å². The maximum Gasteiger partial charge on any atom is 0.419 e. The standard InChI is InChI=1S/C19H15FN4O3/c1-23-15-8-7-13(9-17(15)27-19(23)26)21-18(25)14-10-16(24(2)22-14)11-3-5-12(20)6-4-11/h3-10H,1-2H3,(H,21,25). The Kier molecular flexibility index (Phi) is 3.88. The van der Waals surface area contributed by atoms with Crippen LogP contribution in [0.1, 0.15) is 10.5 Å². The minimum Gasteiger partial charge on any atom is -0.408 e. The van der Waals surface area contributed by atoms with Gasteiger partial charge in [-0.15, -0.1) is 0 Å². The first-order valence-electron chi connectivity index (χ1n) is 8.13. The molecule has 0 aliphatic carbocycles. The molecule has 1 amide bonds. The van der Waals surface area contributed by atoms with Gasteiger partial charge in [-0.3, -0.25) is 14.0 Å². The number of hydrogen-bond acceptors (Lipinski definition) is 4. The number of anilines is 1. The van der Waals surface area contributed by atoms with E-state index in [1.807, 2.05) is 0 Å². The number of benzene rings is 2. The Hall–Kier alpha value is -3.68. The van der Waals surface area contributed by atoms with Gasteiger partial charge in [-0.1, -0.05) is 0 Å². The molecule has 4 aromatic rings. The number of rotatable bonds is 3. The summed E-state index contributed by atoms with van der Waals surface area (Å²) in [6, 6.07) is 12.5. The van der Waals surface area contributed by atoms with Crippen molar-refractivity contribution < 1.29 is 13.6 Å². The molecular formula is C19H15FN4O3. The van der Waals surface area contributed by atoms with Gasteiger partial charge in [-0.25, -0.2) is 9.18 Å². The van der Waals surface area contributed by atoms with Crippen molar-refractivity contribution in [2.45, 2.75) is 0 Å². The van der Waals surface area contributed by atoms with E-state index in [1.54, 1.807) is 55.2 Å². The van der Waals surface area contributed by atoms with E-state index in [4.69, 9.17) is 4.42 Å². The third-order valence-corrected chi connectivity index (χ3v) is 4.30. The zero-order valence-corrected chi connectivity index (χ0v) is 14.6. The van der Waals surface area contributed by atoms with Crippen LogP contribution in [0.2, 0.25) is 0 Å². The molecule has 8 heteroatoms. The molecule has 0 bridgehead atoms. The molecule has 0 radical (unpaired) electrons. The van der Waals surface area contributed by atoms with E-state index >= 15 is 0 Å². The Morgan fingerprint density at radius 3 is 2.59 bits per heavy atom. The van der Waals surface area contributed by atoms with Crippen molar-refractivity contribution in [2.75, 3.05) is 5.32 Å². The number of carbonyl (C=O) groups excluding carboxylic acids is 1. The number of carbonyl (C=O) groups is 1. The number of halogens is 1. The Morgan fingerprint density at radius 2 is 1.85 bits per heavy atom. The van der Waals surface area contributed by atoms with Crippen LogP contribution in [-0.4, -0.2) is 20.3 Å². The molecule has 136 valence electrons. The summed E-state index contributed by atoms with van der Waals surface area (Å²) >= 11 is 0. The van der Waals surface area contributed by atoms with Crippen molar-refractivity contribution in [1.29, 1.82) is 0 Å². The van der Waals surface area contributed by atoms with Crippen LogP contribution in [0.25, 0.3) is 22.4 Å². The van der Waals surface area contributed by atoms with E-state index in [0.29, 0.717) is 22.5 Å². The van der Waals surface area contributed by atoms with E-state index in [0.717, 1.165) is 5.56 Å². The molecule has 2 aromatic heterocycles. The van der Waals surface area contributed by atoms with Gasteiger partial charge in [0.05, 0.1) is 11.2 Å². The summed E-state index contributed by atoms with van der Waals surface area (Å²) in [5.41, 5.74) is 3.15. The second-order valence-corrected chi connectivity index (χ2v) is 6.11. The first-order chi connectivity index (χ1) is 12.9. The van der Waals surface area contributed by atoms with Crippen molar-refractivity contribution in [1.82, 2.24) is 14.3 Å². The van der Waals surface area contributed by atoms with E-state index < -0.39 is 11.7 Å². The predicted octanol–water partition coefficient (Wildman–Crippen LogP) is 2.92. The van der Waals surface area contributed by atoms with Gasteiger partial charge in [-0.2, -0.15) is 5.10 Å². The summed E-state index contributed by atoms with van der Waals surface area (Å²) in [5, 5.41) is 6.95. The fourth-order valence-corrected chi connectivity index (χ4v) is 2.88. The smallest absolute Gasteiger partial charge is 0.408 e. The van der Waals surface area contributed by atoms with Crippen LogP contribution >= 0.6 is 0 Å². The Bertz CT molecular complexity index is 1220. The van der Waals surface area contributed by atoms with Crippen LogP contribution in [0, 0.1) is 5.82 Å². The molecule has 0 saturated carbocycles. The molecule has 4 rings (SSSR count). The molecule has 0 atom stereocenters. The maximum absolute atomic E-state index is 13.1. The molecule has 0 aliphatic rings. The fraction of sp³-hybridized carbons (Fsp3) is 0.105. The van der Waals surface area contributed by atoms with E-state index in [-0.39, 0.29) is 11.5 Å². The number of fused-ring (bicyclic) bond motifs is 1. The third-order valence-electron chi connectivity index (χ3n) is 4.30. The molecule has 7 nitrogen and oxygen atoms in total. The summed E-state index contributed by atoms with van der Waals surface area (Å²) in [6.45, 7) is 0. The van der Waals surface area contributed by atoms with E-state index in [2.05, 4.69) is 10.4 Å². The van der Waals surface area contributed by atoms with Gasteiger partial charge in [0.1, 0.15) is 5.82 Å². The summed E-state index contributed by atoms with van der Waals surface area (Å²) in [5.74, 6) is -1.21. The van der Waals surface area contributed by atoms with Crippen molar-refractivity contribution in [3.8, 4) is 11.3 Å². The minimum atomic E-state index is -0.470. The molecule has 0 aliphatic heterocycles. The topological polar surface area (TPSA) is 82.1 Å². The predicted molar refractivity (Wildman–Crippen MR) is 98.0 cm³/mol. The van der Waals surface area contributed by atoms with Crippen LogP contribution in [-0.2, 0) is 14.1 Å². The van der Waals surface area contributed by atoms with Gasteiger partial charge >= 0.3 is 5.76 Å². The summed E-state index contributed by atoms with van der Waals surface area (Å²) in [7, 11) is 3.32. The molecular weight excluding hydrogens is 351 g/mol. The average Bonchev–Trinajstić information content (AvgIpc) is 3.16. The minimum absolute atomic E-state index is 0.214. The van der Waals surface area contributed by atoms with Gasteiger partial charge in [0, 0.05) is 25.8 Å². The molecule has 0 unspecified atom stereocenters. The SMILES string of the molecule is Cn1nc(C(=O)Nc2ccc3c(c2)oc(=O)n3C)cc1-c1ccc(F)cc1. The highest BCUT2D eigenvalue weighted by Crippen LogP contribution is 2.22. The highest BCUT2D eigenvalue weighted by atomic mass is 19.1. The van der Waals surface area contributed by atoms with Crippen molar-refractivity contribution in [2.24, 2.45) is 14.1 Å². The quantitative estimate of drug-likeness (QED) is 0.604. The lowest BCUT2D eigenvalue weighted by Gasteiger charge is -2.02. The van der Waals surface area contributed by atoms with Crippen LogP contribution in [0.4, 0.5) is 10.1 Å². The summed E-state index contributed by atoms with van der Waals surface area (Å²) in [6.07, 6.45) is 0. The Labute approximate surface area is 152 Å². The highest BCUT2D eigenvalue weighted by Gasteiger charge is 2.15. The lowest BCUT2D eigenvalue weighted by atomic mass is 10.1. The van der Waals surface area contributed by atoms with Crippen molar-refractivity contribution >= 4 is 22.7 Å². The van der Waals surface area contributed by atoms with Crippen molar-refractivity contribution in [3.63, 3.8) is 0 Å². The Morgan fingerprint density at radius 1 is 1.11 bits per heavy atom. The van der Waals surface area contributed by atoms with Gasteiger partial charge in [-0.05, 0) is 48.0 Å². The van der Waals surface area contributed by atoms with Crippen LogP contribution in [0.5, 0.6) is 0 Å². The molecule has 2 aromatic carbocycles. The molecule has 2 heterocycles. The number of aromatic nitrogens is 3. The lowest BCUT2D eigenvalue weighted by Crippen LogP contribution is -2.13. The van der Waals surface area contributed by atoms with Crippen LogP contribution in [0.3, 0.4) is 0 Å². The lowest BCUT2D eigenvalue weighted by molar-refractivity contribution is 0.102. The number of aryl methyl sites for hydroxylation is 2. The number of hydrogen-bond donors (Lipinski definition) is 1. The second-order valence-electron chi connectivity index (χ2n) is 6.11. The molecule has 0 spiro atoms. The number of oxazole rings is 1. The fourth-order valence-electron chi connectivity index (χ4n) is 2.88. The normalized spacial score (nSPS) is 11.1. The second kappa shape index (κ2) is 6.24. The largest absolute Gasteiger partial charge is 0.419 e. The Balaban J connectivity index is 1.61. The van der Waals surface area contributed by atoms with Crippen molar-refractivity contribution in [3.05, 3.63) is 70.6 Å². The first-order valence-corrected chi connectivity index (χ1v) is 8.13. The zero-order chi connectivity index (χ0) is 19.1. The zero-order valence-electron chi connectivity index (χ0n) is 14.6. The van der Waals surface area contributed by atoms with Gasteiger partial charge in [0.2, 0.25) is 0 Å². The van der Waals surface area contributed by atoms with Gasteiger partial charge < -0.3 is 9.73 Å². The van der Waals surface area contributed by atoms with Gasteiger partial charge in [0.25, 0.3) is 5.91 Å². The molecule has 0 fully saturated rings. The number of nitrogens with one attached hydrogen (secondary N) is 1. The van der Waals surface area contributed by atoms with Crippen LogP contribution in [0.15, 0.2) is 57.7 Å². The monoisotopic (exact) mass is 366 g/mol. The number of amides is 1. The van der Waals surface area contributed by atoms with Crippen LogP contribution < -0.4 is 11.1 Å². The summed E-state index contributed by atoms with van der Waals surface area (Å²) in [4.78, 5) is 24.1. The summed E-state index contributed by atoms with van der Waals surface area (Å²) < 4.78 is 21.2. The highest BCUT2D eigenvalue weighted by molar-refractivity contribution is 6.04. The molecule has 1 N–H and O–H groups in total. The number of nitrogens with zero attached hydrogens (tertiary/aromatic N) is 3. The molecule has 0 saturated heterocycles.